The minimum absolute atomic E-state index is 0.446. The van der Waals surface area contributed by atoms with Gasteiger partial charge in [-0.15, -0.1) is 10.2 Å². The highest BCUT2D eigenvalue weighted by molar-refractivity contribution is 5.66. The molecule has 1 fully saturated rings. The molecule has 1 aliphatic heterocycles. The van der Waals surface area contributed by atoms with Crippen LogP contribution in [-0.4, -0.2) is 33.2 Å². The van der Waals surface area contributed by atoms with E-state index in [0.29, 0.717) is 5.92 Å². The van der Waals surface area contributed by atoms with Gasteiger partial charge >= 0.3 is 0 Å². The van der Waals surface area contributed by atoms with Gasteiger partial charge in [0, 0.05) is 18.0 Å². The van der Waals surface area contributed by atoms with Crippen LogP contribution in [-0.2, 0) is 6.54 Å². The Bertz CT molecular complexity index is 1080. The van der Waals surface area contributed by atoms with E-state index >= 15 is 0 Å². The van der Waals surface area contributed by atoms with Crippen LogP contribution in [0.1, 0.15) is 30.1 Å². The van der Waals surface area contributed by atoms with Gasteiger partial charge in [0.1, 0.15) is 5.82 Å². The first-order chi connectivity index (χ1) is 14.9. The van der Waals surface area contributed by atoms with Crippen LogP contribution >= 0.6 is 0 Å². The average Bonchev–Trinajstić information content (AvgIpc) is 3.32. The fourth-order valence-electron chi connectivity index (χ4n) is 4.27. The van der Waals surface area contributed by atoms with Crippen molar-refractivity contribution in [3.8, 4) is 22.5 Å². The third-order valence-electron chi connectivity index (χ3n) is 5.92. The lowest BCUT2D eigenvalue weighted by Gasteiger charge is -2.31. The zero-order valence-electron chi connectivity index (χ0n) is 17.0. The fourth-order valence-corrected chi connectivity index (χ4v) is 4.27. The molecule has 0 unspecified atom stereocenters. The monoisotopic (exact) mass is 393 g/mol. The second-order valence-corrected chi connectivity index (χ2v) is 7.91. The number of benzene rings is 3. The van der Waals surface area contributed by atoms with E-state index in [4.69, 9.17) is 0 Å². The summed E-state index contributed by atoms with van der Waals surface area (Å²) in [6, 6.07) is 30.5. The van der Waals surface area contributed by atoms with E-state index in [0.717, 1.165) is 49.7 Å². The summed E-state index contributed by atoms with van der Waals surface area (Å²) >= 11 is 0. The highest BCUT2D eigenvalue weighted by Gasteiger charge is 2.24. The van der Waals surface area contributed by atoms with Gasteiger partial charge < -0.3 is 4.98 Å². The van der Waals surface area contributed by atoms with Crippen LogP contribution in [0.15, 0.2) is 78.9 Å². The normalized spacial score (nSPS) is 15.3. The molecule has 0 amide bonds. The quantitative estimate of drug-likeness (QED) is 0.499. The lowest BCUT2D eigenvalue weighted by atomic mass is 9.94. The maximum atomic E-state index is 4.45. The molecular weight excluding hydrogens is 368 g/mol. The second-order valence-electron chi connectivity index (χ2n) is 7.91. The molecule has 1 radical (unpaired) electrons. The van der Waals surface area contributed by atoms with Gasteiger partial charge in [-0.2, -0.15) is 0 Å². The summed E-state index contributed by atoms with van der Waals surface area (Å²) in [4.78, 5) is 5.99. The third kappa shape index (κ3) is 4.05. The van der Waals surface area contributed by atoms with Crippen molar-refractivity contribution < 1.29 is 0 Å². The van der Waals surface area contributed by atoms with Gasteiger partial charge in [0.2, 0.25) is 0 Å². The topological polar surface area (TPSA) is 44.8 Å². The Morgan fingerprint density at radius 1 is 0.833 bits per heavy atom. The number of rotatable bonds is 5. The maximum absolute atomic E-state index is 4.45. The van der Waals surface area contributed by atoms with Crippen LogP contribution in [0.5, 0.6) is 0 Å². The number of H-pyrrole nitrogens is 1. The first-order valence-electron chi connectivity index (χ1n) is 10.6. The van der Waals surface area contributed by atoms with Crippen molar-refractivity contribution in [1.29, 1.82) is 0 Å². The highest BCUT2D eigenvalue weighted by Crippen LogP contribution is 2.29. The standard InChI is InChI=1S/C26H25N4/c1-3-9-20(10-4-1)24-14-8-7-13-23(24)19-30-17-15-22(16-18-30)26-27-25(28-29-26)21-11-5-2-6-12-21/h1-13,22H,15-19H2,(H,27,28,29). The number of nitrogens with one attached hydrogen (secondary N) is 1. The molecule has 0 saturated carbocycles. The molecule has 3 aromatic carbocycles. The fraction of sp³-hybridized carbons (Fsp3) is 0.231. The molecule has 1 N–H and O–H groups in total. The van der Waals surface area contributed by atoms with Gasteiger partial charge in [0.25, 0.3) is 0 Å². The Balaban J connectivity index is 1.24. The van der Waals surface area contributed by atoms with Crippen molar-refractivity contribution in [2.75, 3.05) is 13.1 Å². The summed E-state index contributed by atoms with van der Waals surface area (Å²) < 4.78 is 0. The molecular formula is C26H25N4. The van der Waals surface area contributed by atoms with E-state index in [9.17, 15) is 0 Å². The van der Waals surface area contributed by atoms with Crippen molar-refractivity contribution in [2.24, 2.45) is 0 Å². The largest absolute Gasteiger partial charge is 0.325 e. The average molecular weight is 394 g/mol. The molecule has 1 saturated heterocycles. The van der Waals surface area contributed by atoms with Gasteiger partial charge in [-0.1, -0.05) is 78.9 Å². The SMILES string of the molecule is [c]1cccc(CN2CCC(c3nnc(-c4ccccc4)[nH]3)CC2)c1-c1ccccc1. The van der Waals surface area contributed by atoms with E-state index in [1.54, 1.807) is 0 Å². The molecule has 4 aromatic rings. The summed E-state index contributed by atoms with van der Waals surface area (Å²) in [5.41, 5.74) is 4.87. The number of piperidine rings is 1. The number of nitrogens with zero attached hydrogens (tertiary/aromatic N) is 3. The van der Waals surface area contributed by atoms with E-state index in [1.807, 2.05) is 24.3 Å². The third-order valence-corrected chi connectivity index (χ3v) is 5.92. The van der Waals surface area contributed by atoms with Crippen LogP contribution in [0.4, 0.5) is 0 Å². The number of hydrogen-bond acceptors (Lipinski definition) is 3. The summed E-state index contributed by atoms with van der Waals surface area (Å²) in [5, 5.41) is 8.82. The molecule has 2 heterocycles. The molecule has 0 bridgehead atoms. The van der Waals surface area contributed by atoms with Crippen LogP contribution < -0.4 is 0 Å². The zero-order valence-corrected chi connectivity index (χ0v) is 17.0. The number of aromatic nitrogens is 3. The van der Waals surface area contributed by atoms with E-state index in [-0.39, 0.29) is 0 Å². The summed E-state index contributed by atoms with van der Waals surface area (Å²) in [6.07, 6.45) is 2.20. The lowest BCUT2D eigenvalue weighted by Crippen LogP contribution is -2.33. The molecule has 0 spiro atoms. The smallest absolute Gasteiger partial charge is 0.161 e. The molecule has 149 valence electrons. The number of aromatic amines is 1. The Morgan fingerprint density at radius 2 is 1.53 bits per heavy atom. The predicted molar refractivity (Wildman–Crippen MR) is 120 cm³/mol. The number of likely N-dealkylation sites (tertiary alicyclic amines) is 1. The predicted octanol–water partition coefficient (Wildman–Crippen LogP) is 5.32. The molecule has 4 heteroatoms. The van der Waals surface area contributed by atoms with E-state index in [1.165, 1.54) is 16.7 Å². The van der Waals surface area contributed by atoms with Crippen molar-refractivity contribution >= 4 is 0 Å². The van der Waals surface area contributed by atoms with Gasteiger partial charge in [0.05, 0.1) is 0 Å². The Morgan fingerprint density at radius 3 is 2.27 bits per heavy atom. The van der Waals surface area contributed by atoms with Gasteiger partial charge in [0.15, 0.2) is 5.82 Å². The maximum Gasteiger partial charge on any atom is 0.161 e. The molecule has 4 nitrogen and oxygen atoms in total. The van der Waals surface area contributed by atoms with Crippen LogP contribution in [0.25, 0.3) is 22.5 Å². The first-order valence-corrected chi connectivity index (χ1v) is 10.6. The van der Waals surface area contributed by atoms with E-state index < -0.39 is 0 Å². The molecule has 1 aromatic heterocycles. The van der Waals surface area contributed by atoms with Gasteiger partial charge in [-0.3, -0.25) is 4.90 Å². The molecule has 30 heavy (non-hydrogen) atoms. The summed E-state index contributed by atoms with van der Waals surface area (Å²) in [7, 11) is 0. The molecule has 0 atom stereocenters. The second kappa shape index (κ2) is 8.64. The highest BCUT2D eigenvalue weighted by atomic mass is 15.2. The first kappa shape index (κ1) is 18.8. The van der Waals surface area contributed by atoms with Crippen molar-refractivity contribution in [3.05, 3.63) is 96.3 Å². The van der Waals surface area contributed by atoms with Crippen molar-refractivity contribution in [3.63, 3.8) is 0 Å². The minimum atomic E-state index is 0.446. The Labute approximate surface area is 177 Å². The van der Waals surface area contributed by atoms with Crippen LogP contribution in [0.3, 0.4) is 0 Å². The molecule has 5 rings (SSSR count). The van der Waals surface area contributed by atoms with Crippen molar-refractivity contribution in [1.82, 2.24) is 20.1 Å². The summed E-state index contributed by atoms with van der Waals surface area (Å²) in [6.45, 7) is 3.09. The molecule has 0 aliphatic carbocycles. The Kier molecular flexibility index (Phi) is 5.40. The van der Waals surface area contributed by atoms with Crippen LogP contribution in [0.2, 0.25) is 0 Å². The summed E-state index contributed by atoms with van der Waals surface area (Å²) in [5.74, 6) is 2.33. The Hall–Kier alpha value is -3.24. The lowest BCUT2D eigenvalue weighted by molar-refractivity contribution is 0.202. The van der Waals surface area contributed by atoms with Gasteiger partial charge in [-0.25, -0.2) is 0 Å². The van der Waals surface area contributed by atoms with Gasteiger partial charge in [-0.05, 0) is 48.7 Å². The zero-order chi connectivity index (χ0) is 20.2. The van der Waals surface area contributed by atoms with Crippen LogP contribution in [0, 0.1) is 6.07 Å². The van der Waals surface area contributed by atoms with Crippen molar-refractivity contribution in [2.45, 2.75) is 25.3 Å². The number of hydrogen-bond donors (Lipinski definition) is 1. The minimum Gasteiger partial charge on any atom is -0.325 e. The van der Waals surface area contributed by atoms with E-state index in [2.05, 4.69) is 80.7 Å². The molecule has 1 aliphatic rings.